The second kappa shape index (κ2) is 6.44. The maximum absolute atomic E-state index is 13.4. The molecule has 1 unspecified atom stereocenters. The highest BCUT2D eigenvalue weighted by molar-refractivity contribution is 5.94. The Labute approximate surface area is 148 Å². The van der Waals surface area contributed by atoms with Crippen molar-refractivity contribution in [2.75, 3.05) is 13.1 Å². The van der Waals surface area contributed by atoms with Crippen LogP contribution in [-0.2, 0) is 7.05 Å². The van der Waals surface area contributed by atoms with Gasteiger partial charge in [0.1, 0.15) is 17.2 Å². The van der Waals surface area contributed by atoms with Gasteiger partial charge >= 0.3 is 0 Å². The fourth-order valence-electron chi connectivity index (χ4n) is 3.52. The van der Waals surface area contributed by atoms with Gasteiger partial charge in [-0.1, -0.05) is 0 Å². The standard InChI is InChI=1S/C18H17F2N5O/c1-24-17-16(21-4-5-22-17)15(23-24)11-3-2-6-25(10-11)18(26)12-7-13(19)9-14(20)8-12/h4-5,7-9,11H,2-3,6,10H2,1H3. The van der Waals surface area contributed by atoms with Crippen molar-refractivity contribution in [2.24, 2.45) is 7.05 Å². The first-order valence-corrected chi connectivity index (χ1v) is 8.42. The molecule has 0 N–H and O–H groups in total. The van der Waals surface area contributed by atoms with Gasteiger partial charge in [0, 0.05) is 50.1 Å². The van der Waals surface area contributed by atoms with Crippen LogP contribution < -0.4 is 0 Å². The minimum atomic E-state index is -0.757. The normalized spacial score (nSPS) is 17.7. The molecule has 134 valence electrons. The van der Waals surface area contributed by atoms with Crippen LogP contribution in [0.25, 0.3) is 11.2 Å². The van der Waals surface area contributed by atoms with E-state index >= 15 is 0 Å². The first-order valence-electron chi connectivity index (χ1n) is 8.42. The number of carbonyl (C=O) groups excluding carboxylic acids is 1. The topological polar surface area (TPSA) is 63.9 Å². The van der Waals surface area contributed by atoms with E-state index in [0.29, 0.717) is 18.7 Å². The Balaban J connectivity index is 1.62. The molecular formula is C18H17F2N5O. The van der Waals surface area contributed by atoms with Gasteiger partial charge in [-0.15, -0.1) is 0 Å². The largest absolute Gasteiger partial charge is 0.338 e. The summed E-state index contributed by atoms with van der Waals surface area (Å²) in [6.07, 6.45) is 4.88. The van der Waals surface area contributed by atoms with Crippen molar-refractivity contribution in [1.29, 1.82) is 0 Å². The molecule has 1 amide bonds. The van der Waals surface area contributed by atoms with E-state index in [1.165, 1.54) is 0 Å². The van der Waals surface area contributed by atoms with Gasteiger partial charge in [0.15, 0.2) is 5.65 Å². The van der Waals surface area contributed by atoms with Crippen LogP contribution in [0, 0.1) is 11.6 Å². The van der Waals surface area contributed by atoms with Crippen molar-refractivity contribution >= 4 is 17.1 Å². The Bertz CT molecular complexity index is 967. The number of amides is 1. The quantitative estimate of drug-likeness (QED) is 0.707. The summed E-state index contributed by atoms with van der Waals surface area (Å²) in [7, 11) is 1.81. The average Bonchev–Trinajstić information content (AvgIpc) is 2.98. The van der Waals surface area contributed by atoms with Crippen LogP contribution in [0.15, 0.2) is 30.6 Å². The summed E-state index contributed by atoms with van der Waals surface area (Å²) in [4.78, 5) is 23.0. The molecule has 3 aromatic rings. The molecule has 0 aliphatic carbocycles. The molecule has 1 saturated heterocycles. The first-order chi connectivity index (χ1) is 12.5. The Morgan fingerprint density at radius 3 is 2.65 bits per heavy atom. The average molecular weight is 357 g/mol. The lowest BCUT2D eigenvalue weighted by molar-refractivity contribution is 0.0705. The van der Waals surface area contributed by atoms with Gasteiger partial charge in [-0.3, -0.25) is 4.79 Å². The minimum Gasteiger partial charge on any atom is -0.338 e. The molecule has 2 aromatic heterocycles. The van der Waals surface area contributed by atoms with Gasteiger partial charge in [0.25, 0.3) is 5.91 Å². The summed E-state index contributed by atoms with van der Waals surface area (Å²) in [5, 5.41) is 4.54. The minimum absolute atomic E-state index is 0.00602. The maximum atomic E-state index is 13.4. The highest BCUT2D eigenvalue weighted by Gasteiger charge is 2.29. The number of nitrogens with zero attached hydrogens (tertiary/aromatic N) is 5. The van der Waals surface area contributed by atoms with Gasteiger partial charge < -0.3 is 4.90 Å². The molecule has 0 saturated carbocycles. The summed E-state index contributed by atoms with van der Waals surface area (Å²) in [5.41, 5.74) is 2.25. The molecule has 1 fully saturated rings. The number of aryl methyl sites for hydroxylation is 1. The lowest BCUT2D eigenvalue weighted by atomic mass is 9.93. The van der Waals surface area contributed by atoms with E-state index < -0.39 is 11.6 Å². The van der Waals surface area contributed by atoms with Gasteiger partial charge in [0.05, 0.1) is 5.69 Å². The van der Waals surface area contributed by atoms with Crippen LogP contribution in [0.4, 0.5) is 8.78 Å². The second-order valence-corrected chi connectivity index (χ2v) is 6.49. The van der Waals surface area contributed by atoms with Crippen LogP contribution in [0.3, 0.4) is 0 Å². The van der Waals surface area contributed by atoms with E-state index in [1.54, 1.807) is 22.0 Å². The zero-order valence-electron chi connectivity index (χ0n) is 14.2. The number of fused-ring (bicyclic) bond motifs is 1. The van der Waals surface area contributed by atoms with Crippen LogP contribution in [-0.4, -0.2) is 43.6 Å². The third-order valence-electron chi connectivity index (χ3n) is 4.69. The van der Waals surface area contributed by atoms with Crippen molar-refractivity contribution < 1.29 is 13.6 Å². The van der Waals surface area contributed by atoms with Crippen molar-refractivity contribution in [1.82, 2.24) is 24.6 Å². The molecule has 0 radical (unpaired) electrons. The smallest absolute Gasteiger partial charge is 0.254 e. The van der Waals surface area contributed by atoms with Crippen LogP contribution in [0.2, 0.25) is 0 Å². The molecule has 0 spiro atoms. The number of piperidine rings is 1. The van der Waals surface area contributed by atoms with Crippen molar-refractivity contribution in [3.8, 4) is 0 Å². The number of rotatable bonds is 2. The SMILES string of the molecule is Cn1nc(C2CCCN(C(=O)c3cc(F)cc(F)c3)C2)c2nccnc21. The third-order valence-corrected chi connectivity index (χ3v) is 4.69. The Morgan fingerprint density at radius 1 is 1.15 bits per heavy atom. The lowest BCUT2D eigenvalue weighted by Crippen LogP contribution is -2.39. The predicted molar refractivity (Wildman–Crippen MR) is 90.5 cm³/mol. The molecule has 1 aliphatic rings. The summed E-state index contributed by atoms with van der Waals surface area (Å²) < 4.78 is 28.6. The predicted octanol–water partition coefficient (Wildman–Crippen LogP) is 2.66. The Kier molecular flexibility index (Phi) is 4.10. The number of carbonyl (C=O) groups is 1. The first kappa shape index (κ1) is 16.6. The molecule has 26 heavy (non-hydrogen) atoms. The fourth-order valence-corrected chi connectivity index (χ4v) is 3.52. The molecule has 1 aliphatic heterocycles. The monoisotopic (exact) mass is 357 g/mol. The number of aromatic nitrogens is 4. The molecule has 0 bridgehead atoms. The zero-order valence-corrected chi connectivity index (χ0v) is 14.2. The third kappa shape index (κ3) is 2.91. The fraction of sp³-hybridized carbons (Fsp3) is 0.333. The maximum Gasteiger partial charge on any atom is 0.254 e. The van der Waals surface area contributed by atoms with E-state index in [0.717, 1.165) is 42.3 Å². The van der Waals surface area contributed by atoms with Gasteiger partial charge in [-0.2, -0.15) is 5.10 Å². The molecular weight excluding hydrogens is 340 g/mol. The van der Waals surface area contributed by atoms with Crippen LogP contribution in [0.1, 0.15) is 34.8 Å². The summed E-state index contributed by atoms with van der Waals surface area (Å²) >= 11 is 0. The summed E-state index contributed by atoms with van der Waals surface area (Å²) in [6, 6.07) is 2.89. The molecule has 4 rings (SSSR count). The number of benzene rings is 1. The van der Waals surface area contributed by atoms with Crippen molar-refractivity contribution in [3.63, 3.8) is 0 Å². The van der Waals surface area contributed by atoms with E-state index in [1.807, 2.05) is 7.05 Å². The number of hydrogen-bond donors (Lipinski definition) is 0. The molecule has 1 atom stereocenters. The highest BCUT2D eigenvalue weighted by atomic mass is 19.1. The summed E-state index contributed by atoms with van der Waals surface area (Å²) in [5.74, 6) is -1.88. The Hall–Kier alpha value is -2.90. The van der Waals surface area contributed by atoms with Crippen LogP contribution in [0.5, 0.6) is 0 Å². The number of likely N-dealkylation sites (tertiary alicyclic amines) is 1. The number of halogens is 2. The lowest BCUT2D eigenvalue weighted by Gasteiger charge is -2.32. The van der Waals surface area contributed by atoms with Gasteiger partial charge in [-0.25, -0.2) is 23.4 Å². The van der Waals surface area contributed by atoms with Crippen molar-refractivity contribution in [3.05, 3.63) is 53.5 Å². The van der Waals surface area contributed by atoms with Gasteiger partial charge in [-0.05, 0) is 25.0 Å². The zero-order chi connectivity index (χ0) is 18.3. The van der Waals surface area contributed by atoms with E-state index in [-0.39, 0.29) is 17.4 Å². The van der Waals surface area contributed by atoms with Crippen LogP contribution >= 0.6 is 0 Å². The molecule has 3 heterocycles. The molecule has 1 aromatic carbocycles. The molecule has 6 nitrogen and oxygen atoms in total. The van der Waals surface area contributed by atoms with Crippen molar-refractivity contribution in [2.45, 2.75) is 18.8 Å². The highest BCUT2D eigenvalue weighted by Crippen LogP contribution is 2.30. The second-order valence-electron chi connectivity index (χ2n) is 6.49. The van der Waals surface area contributed by atoms with E-state index in [2.05, 4.69) is 15.1 Å². The Morgan fingerprint density at radius 2 is 1.88 bits per heavy atom. The number of hydrogen-bond acceptors (Lipinski definition) is 4. The van der Waals surface area contributed by atoms with E-state index in [4.69, 9.17) is 0 Å². The van der Waals surface area contributed by atoms with Gasteiger partial charge in [0.2, 0.25) is 0 Å². The molecule has 8 heteroatoms. The summed E-state index contributed by atoms with van der Waals surface area (Å²) in [6.45, 7) is 0.976. The van der Waals surface area contributed by atoms with E-state index in [9.17, 15) is 13.6 Å².